The Balaban J connectivity index is 2.20. The fourth-order valence-electron chi connectivity index (χ4n) is 3.74. The van der Waals surface area contributed by atoms with Gasteiger partial charge in [-0.1, -0.05) is 42.5 Å². The molecule has 2 aromatic carbocycles. The van der Waals surface area contributed by atoms with Crippen LogP contribution in [0.2, 0.25) is 0 Å². The molecule has 2 rings (SSSR count). The largest absolute Gasteiger partial charge is 0.508 e. The summed E-state index contributed by atoms with van der Waals surface area (Å²) in [5.41, 5.74) is 18.3. The second kappa shape index (κ2) is 15.7. The molecule has 4 atom stereocenters. The molecule has 40 heavy (non-hydrogen) atoms. The molecule has 0 spiro atoms. The molecule has 4 unspecified atom stereocenters. The van der Waals surface area contributed by atoms with Crippen LogP contribution in [0.25, 0.3) is 0 Å². The van der Waals surface area contributed by atoms with Crippen LogP contribution in [0.5, 0.6) is 5.75 Å². The second-order valence-corrected chi connectivity index (χ2v) is 9.31. The highest BCUT2D eigenvalue weighted by atomic mass is 16.4. The third kappa shape index (κ3) is 11.0. The molecule has 0 aliphatic rings. The number of nitrogens with one attached hydrogen (secondary N) is 3. The predicted octanol–water partition coefficient (Wildman–Crippen LogP) is -0.883. The smallest absolute Gasteiger partial charge is 0.325 e. The lowest BCUT2D eigenvalue weighted by atomic mass is 10.0. The van der Waals surface area contributed by atoms with E-state index in [1.807, 2.05) is 6.07 Å². The van der Waals surface area contributed by atoms with Crippen molar-refractivity contribution in [3.63, 3.8) is 0 Å². The maximum Gasteiger partial charge on any atom is 0.325 e. The highest BCUT2D eigenvalue weighted by molar-refractivity contribution is 5.94. The molecule has 216 valence electrons. The number of carbonyl (C=O) groups is 4. The predicted molar refractivity (Wildman–Crippen MR) is 149 cm³/mol. The Morgan fingerprint density at radius 1 is 0.825 bits per heavy atom. The first-order chi connectivity index (χ1) is 19.0. The molecular formula is C27H37N7O6. The Morgan fingerprint density at radius 3 is 2.00 bits per heavy atom. The molecular weight excluding hydrogens is 518 g/mol. The van der Waals surface area contributed by atoms with E-state index >= 15 is 0 Å². The lowest BCUT2D eigenvalue weighted by Gasteiger charge is -2.25. The van der Waals surface area contributed by atoms with E-state index in [9.17, 15) is 29.4 Å². The number of hydrogen-bond acceptors (Lipinski definition) is 7. The van der Waals surface area contributed by atoms with Gasteiger partial charge in [-0.2, -0.15) is 0 Å². The molecule has 3 amide bonds. The standard InChI is InChI=1S/C27H37N7O6/c1-16(26(39)40)32-24(37)21(8-5-13-31-27(29)30)33-25(38)22(15-17-6-3-2-4-7-17)34-23(36)20(28)14-18-9-11-19(35)12-10-18/h2-4,6-7,9-12,16,20-22,35H,5,8,13-15,28H2,1H3,(H,32,37)(H,33,38)(H,34,36)(H,39,40)(H4,29,30,31). The number of carboxylic acid groups (broad SMARTS) is 1. The zero-order valence-electron chi connectivity index (χ0n) is 22.2. The Labute approximate surface area is 232 Å². The minimum atomic E-state index is -1.24. The summed E-state index contributed by atoms with van der Waals surface area (Å²) in [4.78, 5) is 54.4. The van der Waals surface area contributed by atoms with Crippen molar-refractivity contribution in [1.29, 1.82) is 0 Å². The minimum absolute atomic E-state index is 0.0796. The first-order valence-electron chi connectivity index (χ1n) is 12.7. The first-order valence-corrected chi connectivity index (χ1v) is 12.7. The number of rotatable bonds is 15. The third-order valence-electron chi connectivity index (χ3n) is 5.95. The van der Waals surface area contributed by atoms with Crippen molar-refractivity contribution in [2.24, 2.45) is 22.2 Å². The molecule has 0 aliphatic heterocycles. The van der Waals surface area contributed by atoms with Crippen LogP contribution in [0.15, 0.2) is 59.6 Å². The van der Waals surface area contributed by atoms with Crippen LogP contribution in [-0.4, -0.2) is 70.6 Å². The SMILES string of the molecule is CC(NC(=O)C(CCCN=C(N)N)NC(=O)C(Cc1ccccc1)NC(=O)C(N)Cc1ccc(O)cc1)C(=O)O. The molecule has 13 heteroatoms. The van der Waals surface area contributed by atoms with E-state index < -0.39 is 47.9 Å². The molecule has 0 heterocycles. The average Bonchev–Trinajstić information content (AvgIpc) is 2.91. The molecule has 2 aromatic rings. The summed E-state index contributed by atoms with van der Waals surface area (Å²) >= 11 is 0. The number of aliphatic carboxylic acids is 1. The van der Waals surface area contributed by atoms with Gasteiger partial charge in [-0.25, -0.2) is 0 Å². The van der Waals surface area contributed by atoms with Gasteiger partial charge in [-0.15, -0.1) is 0 Å². The number of carboxylic acids is 1. The summed E-state index contributed by atoms with van der Waals surface area (Å²) in [6.07, 6.45) is 0.685. The highest BCUT2D eigenvalue weighted by Crippen LogP contribution is 2.11. The van der Waals surface area contributed by atoms with E-state index in [1.165, 1.54) is 19.1 Å². The van der Waals surface area contributed by atoms with Crippen LogP contribution in [-0.2, 0) is 32.0 Å². The second-order valence-electron chi connectivity index (χ2n) is 9.31. The molecule has 0 aromatic heterocycles. The number of nitrogens with zero attached hydrogens (tertiary/aromatic N) is 1. The number of aromatic hydroxyl groups is 1. The number of guanidine groups is 1. The number of benzene rings is 2. The van der Waals surface area contributed by atoms with E-state index in [4.69, 9.17) is 17.2 Å². The van der Waals surface area contributed by atoms with Crippen molar-refractivity contribution in [2.75, 3.05) is 6.54 Å². The van der Waals surface area contributed by atoms with E-state index in [1.54, 1.807) is 36.4 Å². The molecule has 0 fully saturated rings. The van der Waals surface area contributed by atoms with Crippen LogP contribution in [0.4, 0.5) is 0 Å². The van der Waals surface area contributed by atoms with E-state index in [0.29, 0.717) is 6.42 Å². The van der Waals surface area contributed by atoms with Crippen molar-refractivity contribution < 1.29 is 29.4 Å². The summed E-state index contributed by atoms with van der Waals surface area (Å²) in [5, 5.41) is 26.3. The van der Waals surface area contributed by atoms with Gasteiger partial charge in [-0.05, 0) is 49.4 Å². The lowest BCUT2D eigenvalue weighted by Crippen LogP contribution is -2.57. The van der Waals surface area contributed by atoms with Crippen molar-refractivity contribution in [3.8, 4) is 5.75 Å². The summed E-state index contributed by atoms with van der Waals surface area (Å²) in [5.74, 6) is -3.23. The van der Waals surface area contributed by atoms with Gasteiger partial charge in [0.15, 0.2) is 5.96 Å². The van der Waals surface area contributed by atoms with Crippen LogP contribution >= 0.6 is 0 Å². The summed E-state index contributed by atoms with van der Waals surface area (Å²) < 4.78 is 0. The average molecular weight is 556 g/mol. The molecule has 0 saturated carbocycles. The number of phenols is 1. The quantitative estimate of drug-likeness (QED) is 0.0772. The number of nitrogens with two attached hydrogens (primary N) is 3. The van der Waals surface area contributed by atoms with Crippen molar-refractivity contribution in [3.05, 3.63) is 65.7 Å². The van der Waals surface area contributed by atoms with Crippen molar-refractivity contribution >= 4 is 29.7 Å². The third-order valence-corrected chi connectivity index (χ3v) is 5.95. The highest BCUT2D eigenvalue weighted by Gasteiger charge is 2.29. The normalized spacial score (nSPS) is 13.7. The monoisotopic (exact) mass is 555 g/mol. The van der Waals surface area contributed by atoms with Crippen LogP contribution < -0.4 is 33.2 Å². The van der Waals surface area contributed by atoms with E-state index in [0.717, 1.165) is 11.1 Å². The van der Waals surface area contributed by atoms with Crippen LogP contribution in [0.3, 0.4) is 0 Å². The lowest BCUT2D eigenvalue weighted by molar-refractivity contribution is -0.141. The van der Waals surface area contributed by atoms with Crippen molar-refractivity contribution in [1.82, 2.24) is 16.0 Å². The van der Waals surface area contributed by atoms with E-state index in [2.05, 4.69) is 20.9 Å². The van der Waals surface area contributed by atoms with Gasteiger partial charge in [0.2, 0.25) is 17.7 Å². The van der Waals surface area contributed by atoms with Gasteiger partial charge < -0.3 is 43.4 Å². The molecule has 0 bridgehead atoms. The Hall–Kier alpha value is -4.65. The zero-order valence-corrected chi connectivity index (χ0v) is 22.2. The van der Waals surface area contributed by atoms with Gasteiger partial charge in [-0.3, -0.25) is 24.2 Å². The fraction of sp³-hybridized carbons (Fsp3) is 0.370. The Bertz CT molecular complexity index is 1170. The van der Waals surface area contributed by atoms with Crippen LogP contribution in [0.1, 0.15) is 30.9 Å². The number of carbonyl (C=O) groups excluding carboxylic acids is 3. The molecule has 0 saturated heterocycles. The summed E-state index contributed by atoms with van der Waals surface area (Å²) in [7, 11) is 0. The Morgan fingerprint density at radius 2 is 1.40 bits per heavy atom. The Kier molecular flexibility index (Phi) is 12.4. The number of hydrogen-bond donors (Lipinski definition) is 8. The fourth-order valence-corrected chi connectivity index (χ4v) is 3.74. The summed E-state index contributed by atoms with van der Waals surface area (Å²) in [6.45, 7) is 1.49. The number of phenolic OH excluding ortho intramolecular Hbond substituents is 1. The van der Waals surface area contributed by atoms with Gasteiger partial charge in [0, 0.05) is 13.0 Å². The zero-order chi connectivity index (χ0) is 29.7. The number of amides is 3. The molecule has 11 N–H and O–H groups in total. The van der Waals surface area contributed by atoms with E-state index in [-0.39, 0.29) is 37.5 Å². The number of aliphatic imine (C=N–C) groups is 1. The van der Waals surface area contributed by atoms with Gasteiger partial charge in [0.05, 0.1) is 6.04 Å². The maximum absolute atomic E-state index is 13.4. The van der Waals surface area contributed by atoms with Gasteiger partial charge >= 0.3 is 5.97 Å². The molecule has 0 aliphatic carbocycles. The summed E-state index contributed by atoms with van der Waals surface area (Å²) in [6, 6.07) is 10.8. The molecule has 13 nitrogen and oxygen atoms in total. The maximum atomic E-state index is 13.4. The van der Waals surface area contributed by atoms with Gasteiger partial charge in [0.25, 0.3) is 0 Å². The van der Waals surface area contributed by atoms with Gasteiger partial charge in [0.1, 0.15) is 23.9 Å². The minimum Gasteiger partial charge on any atom is -0.508 e. The first kappa shape index (κ1) is 31.6. The molecule has 0 radical (unpaired) electrons. The topological polar surface area (TPSA) is 235 Å². The van der Waals surface area contributed by atoms with Crippen LogP contribution in [0, 0.1) is 0 Å². The van der Waals surface area contributed by atoms with Crippen molar-refractivity contribution in [2.45, 2.75) is 56.8 Å².